The van der Waals surface area contributed by atoms with Gasteiger partial charge < -0.3 is 4.57 Å². The van der Waals surface area contributed by atoms with Gasteiger partial charge in [0.1, 0.15) is 10.5 Å². The van der Waals surface area contributed by atoms with Crippen molar-refractivity contribution in [2.45, 2.75) is 25.8 Å². The zero-order valence-corrected chi connectivity index (χ0v) is 15.7. The first-order valence-electron chi connectivity index (χ1n) is 8.89. The van der Waals surface area contributed by atoms with Crippen LogP contribution in [0.25, 0.3) is 21.3 Å². The summed E-state index contributed by atoms with van der Waals surface area (Å²) in [7, 11) is 1.90. The van der Waals surface area contributed by atoms with Gasteiger partial charge >= 0.3 is 0 Å². The van der Waals surface area contributed by atoms with E-state index >= 15 is 0 Å². The standard InChI is InChI=1S/C19H18N6OS/c1-24-16-14(10-21-25(19(16)26)11-12-5-3-2-4-6-12)17-18(24)22-15(27-17)9-13-7-8-20-23-13/h3,5-8,10H,2,4,9,11H2,1H3,(H,20,23). The van der Waals surface area contributed by atoms with Gasteiger partial charge in [0.25, 0.3) is 5.56 Å². The molecule has 0 aromatic carbocycles. The van der Waals surface area contributed by atoms with Crippen molar-refractivity contribution in [2.75, 3.05) is 0 Å². The fourth-order valence-corrected chi connectivity index (χ4v) is 4.64. The Labute approximate surface area is 158 Å². The Kier molecular flexibility index (Phi) is 3.78. The maximum Gasteiger partial charge on any atom is 0.291 e. The second-order valence-electron chi connectivity index (χ2n) is 6.69. The minimum Gasteiger partial charge on any atom is -0.323 e. The Morgan fingerprint density at radius 2 is 2.26 bits per heavy atom. The largest absolute Gasteiger partial charge is 0.323 e. The molecule has 1 aliphatic rings. The molecular weight excluding hydrogens is 360 g/mol. The van der Waals surface area contributed by atoms with E-state index < -0.39 is 0 Å². The normalized spacial score (nSPS) is 14.3. The van der Waals surface area contributed by atoms with Crippen LogP contribution in [0.4, 0.5) is 0 Å². The molecule has 0 saturated heterocycles. The summed E-state index contributed by atoms with van der Waals surface area (Å²) in [6, 6.07) is 1.94. The van der Waals surface area contributed by atoms with E-state index in [1.165, 1.54) is 4.68 Å². The van der Waals surface area contributed by atoms with Gasteiger partial charge in [-0.05, 0) is 24.5 Å². The van der Waals surface area contributed by atoms with Crippen molar-refractivity contribution in [3.8, 4) is 0 Å². The Morgan fingerprint density at radius 3 is 3.04 bits per heavy atom. The molecule has 0 radical (unpaired) electrons. The number of nitrogens with one attached hydrogen (secondary N) is 1. The maximum atomic E-state index is 13.0. The molecule has 27 heavy (non-hydrogen) atoms. The first-order chi connectivity index (χ1) is 13.2. The van der Waals surface area contributed by atoms with E-state index in [-0.39, 0.29) is 5.56 Å². The molecule has 7 nitrogen and oxygen atoms in total. The zero-order chi connectivity index (χ0) is 18.4. The number of thiazole rings is 1. The predicted octanol–water partition coefficient (Wildman–Crippen LogP) is 2.94. The number of hydrogen-bond donors (Lipinski definition) is 1. The highest BCUT2D eigenvalue weighted by Crippen LogP contribution is 2.31. The lowest BCUT2D eigenvalue weighted by atomic mass is 10.1. The Morgan fingerprint density at radius 1 is 1.33 bits per heavy atom. The summed E-state index contributed by atoms with van der Waals surface area (Å²) >= 11 is 1.60. The van der Waals surface area contributed by atoms with E-state index in [4.69, 9.17) is 4.98 Å². The molecule has 0 unspecified atom stereocenters. The van der Waals surface area contributed by atoms with Gasteiger partial charge in [0.15, 0.2) is 5.65 Å². The summed E-state index contributed by atoms with van der Waals surface area (Å²) in [5.41, 5.74) is 3.49. The lowest BCUT2D eigenvalue weighted by Gasteiger charge is -2.09. The van der Waals surface area contributed by atoms with Gasteiger partial charge in [-0.1, -0.05) is 18.2 Å². The molecule has 5 rings (SSSR count). The molecule has 0 amide bonds. The summed E-state index contributed by atoms with van der Waals surface area (Å²) in [6.07, 6.45) is 12.7. The van der Waals surface area contributed by atoms with Crippen LogP contribution in [0.1, 0.15) is 23.5 Å². The number of fused-ring (bicyclic) bond motifs is 3. The molecule has 1 aliphatic carbocycles. The van der Waals surface area contributed by atoms with E-state index in [0.717, 1.165) is 44.8 Å². The van der Waals surface area contributed by atoms with E-state index in [1.54, 1.807) is 23.7 Å². The number of aromatic amines is 1. The summed E-state index contributed by atoms with van der Waals surface area (Å²) in [4.78, 5) is 17.8. The summed E-state index contributed by atoms with van der Waals surface area (Å²) < 4.78 is 4.44. The zero-order valence-electron chi connectivity index (χ0n) is 14.8. The molecule has 0 atom stereocenters. The lowest BCUT2D eigenvalue weighted by Crippen LogP contribution is -2.24. The average Bonchev–Trinajstić information content (AvgIpc) is 3.38. The molecule has 0 aliphatic heterocycles. The van der Waals surface area contributed by atoms with Gasteiger partial charge in [-0.25, -0.2) is 9.67 Å². The summed E-state index contributed by atoms with van der Waals surface area (Å²) in [6.45, 7) is 0.502. The highest BCUT2D eigenvalue weighted by Gasteiger charge is 2.18. The third-order valence-electron chi connectivity index (χ3n) is 4.86. The van der Waals surface area contributed by atoms with Crippen LogP contribution >= 0.6 is 11.3 Å². The van der Waals surface area contributed by atoms with Crippen LogP contribution < -0.4 is 5.56 Å². The van der Waals surface area contributed by atoms with E-state index in [1.807, 2.05) is 17.7 Å². The number of allylic oxidation sites excluding steroid dienone is 4. The number of hydrogen-bond acceptors (Lipinski definition) is 5. The third-order valence-corrected chi connectivity index (χ3v) is 5.94. The minimum absolute atomic E-state index is 0.0751. The minimum atomic E-state index is -0.0751. The maximum absolute atomic E-state index is 13.0. The van der Waals surface area contributed by atoms with Crippen LogP contribution in [0.5, 0.6) is 0 Å². The number of nitrogens with zero attached hydrogens (tertiary/aromatic N) is 5. The molecule has 0 fully saturated rings. The van der Waals surface area contributed by atoms with Crippen molar-refractivity contribution in [1.82, 2.24) is 29.5 Å². The van der Waals surface area contributed by atoms with Gasteiger partial charge in [-0.15, -0.1) is 11.3 Å². The van der Waals surface area contributed by atoms with Crippen LogP contribution in [-0.2, 0) is 20.0 Å². The second-order valence-corrected chi connectivity index (χ2v) is 7.77. The molecule has 0 bridgehead atoms. The van der Waals surface area contributed by atoms with Crippen LogP contribution in [0.15, 0.2) is 47.1 Å². The molecule has 1 N–H and O–H groups in total. The predicted molar refractivity (Wildman–Crippen MR) is 106 cm³/mol. The van der Waals surface area contributed by atoms with Gasteiger partial charge in [-0.2, -0.15) is 10.2 Å². The Hall–Kier alpha value is -3.00. The molecule has 0 saturated carbocycles. The van der Waals surface area contributed by atoms with Crippen molar-refractivity contribution >= 4 is 32.6 Å². The van der Waals surface area contributed by atoms with Crippen molar-refractivity contribution in [1.29, 1.82) is 0 Å². The number of rotatable bonds is 4. The summed E-state index contributed by atoms with van der Waals surface area (Å²) in [5, 5.41) is 13.3. The van der Waals surface area contributed by atoms with Gasteiger partial charge in [-0.3, -0.25) is 9.89 Å². The molecule has 4 aromatic rings. The molecule has 8 heteroatoms. The van der Waals surface area contributed by atoms with Crippen molar-refractivity contribution < 1.29 is 0 Å². The highest BCUT2D eigenvalue weighted by atomic mass is 32.1. The number of aromatic nitrogens is 6. The molecular formula is C19H18N6OS. The fourth-order valence-electron chi connectivity index (χ4n) is 3.52. The molecule has 4 aromatic heterocycles. The quantitative estimate of drug-likeness (QED) is 0.592. The topological polar surface area (TPSA) is 81.4 Å². The van der Waals surface area contributed by atoms with Crippen LogP contribution in [-0.4, -0.2) is 29.5 Å². The van der Waals surface area contributed by atoms with Gasteiger partial charge in [0, 0.05) is 25.1 Å². The SMILES string of the molecule is Cn1c2nc(Cc3cc[nH]n3)sc2c2cnn(CC3=CCCC=C3)c(=O)c21. The Bertz CT molecular complexity index is 1260. The monoisotopic (exact) mass is 378 g/mol. The molecule has 4 heterocycles. The lowest BCUT2D eigenvalue weighted by molar-refractivity contribution is 0.639. The molecule has 0 spiro atoms. The fraction of sp³-hybridized carbons (Fsp3) is 0.263. The highest BCUT2D eigenvalue weighted by molar-refractivity contribution is 7.19. The summed E-state index contributed by atoms with van der Waals surface area (Å²) in [5.74, 6) is 0. The molecule has 136 valence electrons. The van der Waals surface area contributed by atoms with Crippen molar-refractivity contribution in [3.05, 3.63) is 63.3 Å². The van der Waals surface area contributed by atoms with E-state index in [2.05, 4.69) is 33.5 Å². The first-order valence-corrected chi connectivity index (χ1v) is 9.70. The Balaban J connectivity index is 1.58. The van der Waals surface area contributed by atoms with Crippen molar-refractivity contribution in [2.24, 2.45) is 7.05 Å². The van der Waals surface area contributed by atoms with Gasteiger partial charge in [0.2, 0.25) is 0 Å². The van der Waals surface area contributed by atoms with Gasteiger partial charge in [0.05, 0.1) is 23.1 Å². The smallest absolute Gasteiger partial charge is 0.291 e. The first kappa shape index (κ1) is 16.2. The van der Waals surface area contributed by atoms with E-state index in [9.17, 15) is 4.79 Å². The number of aryl methyl sites for hydroxylation is 1. The average molecular weight is 378 g/mol. The third kappa shape index (κ3) is 2.73. The van der Waals surface area contributed by atoms with Crippen LogP contribution in [0, 0.1) is 0 Å². The second kappa shape index (κ2) is 6.31. The van der Waals surface area contributed by atoms with E-state index in [0.29, 0.717) is 18.5 Å². The van der Waals surface area contributed by atoms with Crippen LogP contribution in [0.3, 0.4) is 0 Å². The van der Waals surface area contributed by atoms with Crippen LogP contribution in [0.2, 0.25) is 0 Å². The van der Waals surface area contributed by atoms with Crippen molar-refractivity contribution in [3.63, 3.8) is 0 Å². The number of H-pyrrole nitrogens is 1.